The Bertz CT molecular complexity index is 616. The summed E-state index contributed by atoms with van der Waals surface area (Å²) in [5.41, 5.74) is 2.70. The fourth-order valence-electron chi connectivity index (χ4n) is 1.87. The predicted octanol–water partition coefficient (Wildman–Crippen LogP) is 3.54. The SMILES string of the molecule is Cc1cc(OC(=O)c2ccccc2)c(C)c(C)c1O. The second kappa shape index (κ2) is 5.14. The topological polar surface area (TPSA) is 46.5 Å². The van der Waals surface area contributed by atoms with Crippen LogP contribution in [0.25, 0.3) is 0 Å². The number of aromatic hydroxyl groups is 1. The standard InChI is InChI=1S/C16H16O3/c1-10-9-14(11(2)12(3)15(10)17)19-16(18)13-7-5-4-6-8-13/h4-9,17H,1-3H3. The molecule has 98 valence electrons. The smallest absolute Gasteiger partial charge is 0.343 e. The van der Waals surface area contributed by atoms with E-state index in [0.717, 1.165) is 11.1 Å². The van der Waals surface area contributed by atoms with E-state index in [2.05, 4.69) is 0 Å². The molecule has 0 heterocycles. The van der Waals surface area contributed by atoms with E-state index in [0.29, 0.717) is 16.9 Å². The van der Waals surface area contributed by atoms with Gasteiger partial charge in [0, 0.05) is 0 Å². The van der Waals surface area contributed by atoms with Crippen LogP contribution in [0.5, 0.6) is 11.5 Å². The summed E-state index contributed by atoms with van der Waals surface area (Å²) in [6.45, 7) is 5.40. The first kappa shape index (κ1) is 13.1. The number of carbonyl (C=O) groups excluding carboxylic acids is 1. The van der Waals surface area contributed by atoms with Crippen molar-refractivity contribution in [3.63, 3.8) is 0 Å². The molecule has 3 nitrogen and oxygen atoms in total. The zero-order valence-electron chi connectivity index (χ0n) is 11.2. The number of esters is 1. The Labute approximate surface area is 112 Å². The molecule has 2 aromatic carbocycles. The van der Waals surface area contributed by atoms with Crippen molar-refractivity contribution in [1.82, 2.24) is 0 Å². The number of ether oxygens (including phenoxy) is 1. The third kappa shape index (κ3) is 2.60. The molecule has 0 bridgehead atoms. The highest BCUT2D eigenvalue weighted by molar-refractivity contribution is 5.91. The minimum atomic E-state index is -0.395. The lowest BCUT2D eigenvalue weighted by Gasteiger charge is -2.13. The van der Waals surface area contributed by atoms with Crippen LogP contribution in [-0.2, 0) is 0 Å². The molecule has 0 aliphatic carbocycles. The van der Waals surface area contributed by atoms with Crippen molar-refractivity contribution in [2.24, 2.45) is 0 Å². The first-order chi connectivity index (χ1) is 9.00. The van der Waals surface area contributed by atoms with Crippen molar-refractivity contribution >= 4 is 5.97 Å². The molecule has 0 saturated carbocycles. The summed E-state index contributed by atoms with van der Waals surface area (Å²) in [5.74, 6) is 0.340. The maximum absolute atomic E-state index is 12.0. The average molecular weight is 256 g/mol. The van der Waals surface area contributed by atoms with E-state index in [1.54, 1.807) is 44.2 Å². The molecule has 0 amide bonds. The quantitative estimate of drug-likeness (QED) is 0.660. The van der Waals surface area contributed by atoms with Crippen LogP contribution < -0.4 is 4.74 Å². The van der Waals surface area contributed by atoms with Gasteiger partial charge in [-0.05, 0) is 55.7 Å². The molecule has 0 aliphatic rings. The largest absolute Gasteiger partial charge is 0.507 e. The van der Waals surface area contributed by atoms with E-state index in [1.807, 2.05) is 13.0 Å². The van der Waals surface area contributed by atoms with E-state index >= 15 is 0 Å². The summed E-state index contributed by atoms with van der Waals surface area (Å²) in [6, 6.07) is 10.5. The summed E-state index contributed by atoms with van der Waals surface area (Å²) in [7, 11) is 0. The molecular weight excluding hydrogens is 240 g/mol. The number of benzene rings is 2. The van der Waals surface area contributed by atoms with Gasteiger partial charge in [0.2, 0.25) is 0 Å². The number of phenolic OH excluding ortho intramolecular Hbond substituents is 1. The zero-order chi connectivity index (χ0) is 14.0. The zero-order valence-corrected chi connectivity index (χ0v) is 11.2. The van der Waals surface area contributed by atoms with Crippen LogP contribution in [-0.4, -0.2) is 11.1 Å². The van der Waals surface area contributed by atoms with Gasteiger partial charge < -0.3 is 9.84 Å². The van der Waals surface area contributed by atoms with Crippen molar-refractivity contribution in [2.75, 3.05) is 0 Å². The molecule has 0 unspecified atom stereocenters. The van der Waals surface area contributed by atoms with Gasteiger partial charge in [0.25, 0.3) is 0 Å². The Morgan fingerprint density at radius 2 is 1.68 bits per heavy atom. The Hall–Kier alpha value is -2.29. The lowest BCUT2D eigenvalue weighted by atomic mass is 10.0. The van der Waals surface area contributed by atoms with Crippen LogP contribution in [0.4, 0.5) is 0 Å². The molecule has 0 radical (unpaired) electrons. The fourth-order valence-corrected chi connectivity index (χ4v) is 1.87. The normalized spacial score (nSPS) is 10.3. The van der Waals surface area contributed by atoms with Crippen LogP contribution in [0.2, 0.25) is 0 Å². The summed E-state index contributed by atoms with van der Waals surface area (Å²) in [4.78, 5) is 12.0. The minimum absolute atomic E-state index is 0.247. The van der Waals surface area contributed by atoms with E-state index in [-0.39, 0.29) is 5.75 Å². The maximum atomic E-state index is 12.0. The Balaban J connectivity index is 2.32. The Morgan fingerprint density at radius 1 is 1.05 bits per heavy atom. The second-order valence-electron chi connectivity index (χ2n) is 4.55. The van der Waals surface area contributed by atoms with Gasteiger partial charge in [0.1, 0.15) is 11.5 Å². The number of phenols is 1. The highest BCUT2D eigenvalue weighted by Gasteiger charge is 2.14. The monoisotopic (exact) mass is 256 g/mol. The molecule has 0 atom stereocenters. The lowest BCUT2D eigenvalue weighted by Crippen LogP contribution is -2.09. The van der Waals surface area contributed by atoms with Crippen molar-refractivity contribution in [1.29, 1.82) is 0 Å². The molecule has 3 heteroatoms. The lowest BCUT2D eigenvalue weighted by molar-refractivity contribution is 0.0733. The van der Waals surface area contributed by atoms with Crippen LogP contribution in [0.15, 0.2) is 36.4 Å². The molecule has 19 heavy (non-hydrogen) atoms. The molecule has 0 spiro atoms. The van der Waals surface area contributed by atoms with Crippen molar-refractivity contribution in [2.45, 2.75) is 20.8 Å². The highest BCUT2D eigenvalue weighted by Crippen LogP contribution is 2.32. The van der Waals surface area contributed by atoms with E-state index in [4.69, 9.17) is 4.74 Å². The number of hydrogen-bond acceptors (Lipinski definition) is 3. The van der Waals surface area contributed by atoms with Crippen molar-refractivity contribution < 1.29 is 14.6 Å². The van der Waals surface area contributed by atoms with Crippen LogP contribution in [0, 0.1) is 20.8 Å². The number of rotatable bonds is 2. The first-order valence-corrected chi connectivity index (χ1v) is 6.07. The highest BCUT2D eigenvalue weighted by atomic mass is 16.5. The predicted molar refractivity (Wildman–Crippen MR) is 73.7 cm³/mol. The maximum Gasteiger partial charge on any atom is 0.343 e. The average Bonchev–Trinajstić information content (AvgIpc) is 2.43. The third-order valence-corrected chi connectivity index (χ3v) is 3.22. The van der Waals surface area contributed by atoms with Crippen LogP contribution in [0.1, 0.15) is 27.0 Å². The molecular formula is C16H16O3. The van der Waals surface area contributed by atoms with Gasteiger partial charge in [0.05, 0.1) is 5.56 Å². The third-order valence-electron chi connectivity index (χ3n) is 3.22. The Kier molecular flexibility index (Phi) is 3.56. The van der Waals surface area contributed by atoms with Gasteiger partial charge in [0.15, 0.2) is 0 Å². The molecule has 0 fully saturated rings. The van der Waals surface area contributed by atoms with Gasteiger partial charge in [-0.2, -0.15) is 0 Å². The molecule has 0 aliphatic heterocycles. The van der Waals surface area contributed by atoms with Gasteiger partial charge >= 0.3 is 5.97 Å². The molecule has 0 saturated heterocycles. The van der Waals surface area contributed by atoms with Gasteiger partial charge in [-0.25, -0.2) is 4.79 Å². The van der Waals surface area contributed by atoms with E-state index < -0.39 is 5.97 Å². The number of carbonyl (C=O) groups is 1. The second-order valence-corrected chi connectivity index (χ2v) is 4.55. The molecule has 2 aromatic rings. The summed E-state index contributed by atoms with van der Waals surface area (Å²) in [6.07, 6.45) is 0. The molecule has 0 aromatic heterocycles. The van der Waals surface area contributed by atoms with E-state index in [9.17, 15) is 9.90 Å². The first-order valence-electron chi connectivity index (χ1n) is 6.07. The Morgan fingerprint density at radius 3 is 2.32 bits per heavy atom. The van der Waals surface area contributed by atoms with Crippen molar-refractivity contribution in [3.8, 4) is 11.5 Å². The summed E-state index contributed by atoms with van der Waals surface area (Å²) in [5, 5.41) is 9.82. The summed E-state index contributed by atoms with van der Waals surface area (Å²) < 4.78 is 5.40. The molecule has 2 rings (SSSR count). The fraction of sp³-hybridized carbons (Fsp3) is 0.188. The van der Waals surface area contributed by atoms with E-state index in [1.165, 1.54) is 0 Å². The molecule has 1 N–H and O–H groups in total. The summed E-state index contributed by atoms with van der Waals surface area (Å²) >= 11 is 0. The van der Waals surface area contributed by atoms with Crippen molar-refractivity contribution in [3.05, 3.63) is 58.7 Å². The van der Waals surface area contributed by atoms with Gasteiger partial charge in [-0.1, -0.05) is 18.2 Å². The van der Waals surface area contributed by atoms with Gasteiger partial charge in [-0.15, -0.1) is 0 Å². The number of aryl methyl sites for hydroxylation is 1. The number of hydrogen-bond donors (Lipinski definition) is 1. The van der Waals surface area contributed by atoms with Gasteiger partial charge in [-0.3, -0.25) is 0 Å². The van der Waals surface area contributed by atoms with Crippen LogP contribution >= 0.6 is 0 Å². The van der Waals surface area contributed by atoms with Crippen LogP contribution in [0.3, 0.4) is 0 Å². The minimum Gasteiger partial charge on any atom is -0.507 e.